The van der Waals surface area contributed by atoms with Crippen LogP contribution < -0.4 is 10.3 Å². The van der Waals surface area contributed by atoms with Crippen LogP contribution in [0.2, 0.25) is 4.34 Å². The molecule has 0 amide bonds. The molecule has 1 fully saturated rings. The Hall–Kier alpha value is -0.370. The lowest BCUT2D eigenvalue weighted by Crippen LogP contribution is -2.55. The predicted molar refractivity (Wildman–Crippen MR) is 78.5 cm³/mol. The maximum Gasteiger partial charge on any atom is 0.0953 e. The number of fused-ring (bicyclic) bond motifs is 1. The minimum atomic E-state index is 0.801. The molecule has 0 aliphatic carbocycles. The molecule has 2 aliphatic heterocycles. The second-order valence-corrected chi connectivity index (χ2v) is 6.57. The van der Waals surface area contributed by atoms with E-state index in [1.165, 1.54) is 10.6 Å². The van der Waals surface area contributed by atoms with E-state index in [9.17, 15) is 0 Å². The van der Waals surface area contributed by atoms with Gasteiger partial charge in [-0.3, -0.25) is 9.91 Å². The third-order valence-corrected chi connectivity index (χ3v) is 4.68. The van der Waals surface area contributed by atoms with Gasteiger partial charge in [-0.25, -0.2) is 5.01 Å². The summed E-state index contributed by atoms with van der Waals surface area (Å²) in [6, 6.07) is 2.09. The van der Waals surface area contributed by atoms with Crippen LogP contribution in [0.4, 0.5) is 5.69 Å². The van der Waals surface area contributed by atoms with Crippen LogP contribution in [0.5, 0.6) is 0 Å². The summed E-state index contributed by atoms with van der Waals surface area (Å²) in [5, 5.41) is 7.94. The number of hydrogen-bond donors (Lipinski definition) is 1. The summed E-state index contributed by atoms with van der Waals surface area (Å²) in [6.07, 6.45) is 0. The average molecular weight is 303 g/mol. The fraction of sp³-hybridized carbons (Fsp3) is 0.667. The Kier molecular flexibility index (Phi) is 4.26. The molecule has 0 spiro atoms. The molecular formula is C12H19ClN4OS. The Labute approximate surface area is 122 Å². The molecule has 0 unspecified atom stereocenters. The second-order valence-electron chi connectivity index (χ2n) is 4.81. The number of ether oxygens (including phenoxy) is 1. The highest BCUT2D eigenvalue weighted by Gasteiger charge is 2.29. The van der Waals surface area contributed by atoms with Crippen molar-refractivity contribution >= 4 is 28.6 Å². The zero-order valence-electron chi connectivity index (χ0n) is 11.1. The maximum atomic E-state index is 6.19. The standard InChI is InChI=1S/C12H19ClN4OS/c1-14-8-15-7-11-10(6-12(13)19-11)17(9-15)16-2-4-18-5-3-16/h6,14H,2-5,7-9H2,1H3. The third-order valence-electron chi connectivity index (χ3n) is 3.45. The number of hydrazine groups is 1. The van der Waals surface area contributed by atoms with Crippen molar-refractivity contribution in [2.24, 2.45) is 0 Å². The lowest BCUT2D eigenvalue weighted by molar-refractivity contribution is 0.0214. The molecule has 0 atom stereocenters. The van der Waals surface area contributed by atoms with Crippen molar-refractivity contribution in [2.45, 2.75) is 6.54 Å². The van der Waals surface area contributed by atoms with E-state index in [1.54, 1.807) is 11.3 Å². The van der Waals surface area contributed by atoms with Crippen LogP contribution >= 0.6 is 22.9 Å². The molecule has 19 heavy (non-hydrogen) atoms. The van der Waals surface area contributed by atoms with Gasteiger partial charge in [0, 0.05) is 31.2 Å². The summed E-state index contributed by atoms with van der Waals surface area (Å²) in [6.45, 7) is 6.25. The van der Waals surface area contributed by atoms with Gasteiger partial charge in [0.15, 0.2) is 0 Å². The Morgan fingerprint density at radius 1 is 1.42 bits per heavy atom. The van der Waals surface area contributed by atoms with E-state index in [4.69, 9.17) is 16.3 Å². The van der Waals surface area contributed by atoms with Gasteiger partial charge in [0.05, 0.1) is 29.9 Å². The summed E-state index contributed by atoms with van der Waals surface area (Å²) in [7, 11) is 1.98. The highest BCUT2D eigenvalue weighted by atomic mass is 35.5. The van der Waals surface area contributed by atoms with Crippen LogP contribution in [0.15, 0.2) is 6.07 Å². The van der Waals surface area contributed by atoms with Crippen LogP contribution in [-0.4, -0.2) is 56.6 Å². The Morgan fingerprint density at radius 2 is 2.21 bits per heavy atom. The fourth-order valence-corrected chi connectivity index (χ4v) is 3.91. The Morgan fingerprint density at radius 3 is 2.95 bits per heavy atom. The molecule has 0 aromatic carbocycles. The van der Waals surface area contributed by atoms with Crippen LogP contribution in [0, 0.1) is 0 Å². The van der Waals surface area contributed by atoms with Crippen molar-refractivity contribution in [1.82, 2.24) is 15.2 Å². The lowest BCUT2D eigenvalue weighted by atomic mass is 10.3. The normalized spacial score (nSPS) is 21.7. The molecule has 3 heterocycles. The highest BCUT2D eigenvalue weighted by Crippen LogP contribution is 2.38. The Balaban J connectivity index is 1.84. The van der Waals surface area contributed by atoms with Gasteiger partial charge in [-0.05, 0) is 13.1 Å². The van der Waals surface area contributed by atoms with Crippen molar-refractivity contribution in [3.05, 3.63) is 15.3 Å². The molecular weight excluding hydrogens is 284 g/mol. The first kappa shape index (κ1) is 13.6. The Bertz CT molecular complexity index is 435. The highest BCUT2D eigenvalue weighted by molar-refractivity contribution is 7.16. The van der Waals surface area contributed by atoms with Crippen LogP contribution in [-0.2, 0) is 11.3 Å². The first-order chi connectivity index (χ1) is 9.28. The van der Waals surface area contributed by atoms with Gasteiger partial charge in [-0.1, -0.05) is 11.6 Å². The van der Waals surface area contributed by atoms with E-state index >= 15 is 0 Å². The maximum absolute atomic E-state index is 6.19. The number of morpholine rings is 1. The van der Waals surface area contributed by atoms with Gasteiger partial charge >= 0.3 is 0 Å². The van der Waals surface area contributed by atoms with Crippen molar-refractivity contribution in [1.29, 1.82) is 0 Å². The number of nitrogens with one attached hydrogen (secondary N) is 1. The van der Waals surface area contributed by atoms with Crippen molar-refractivity contribution in [3.8, 4) is 0 Å². The number of nitrogens with zero attached hydrogens (tertiary/aromatic N) is 3. The smallest absolute Gasteiger partial charge is 0.0953 e. The number of anilines is 1. The summed E-state index contributed by atoms with van der Waals surface area (Å²) >= 11 is 7.88. The third kappa shape index (κ3) is 2.89. The largest absolute Gasteiger partial charge is 0.379 e. The summed E-state index contributed by atoms with van der Waals surface area (Å²) in [5.74, 6) is 0. The zero-order chi connectivity index (χ0) is 13.2. The molecule has 1 aromatic heterocycles. The summed E-state index contributed by atoms with van der Waals surface area (Å²) < 4.78 is 6.31. The molecule has 7 heteroatoms. The predicted octanol–water partition coefficient (Wildman–Crippen LogP) is 1.41. The SMILES string of the molecule is CNCN1Cc2sc(Cl)cc2N(N2CCOCC2)C1. The molecule has 5 nitrogen and oxygen atoms in total. The summed E-state index contributed by atoms with van der Waals surface area (Å²) in [5.41, 5.74) is 1.27. The van der Waals surface area contributed by atoms with Crippen LogP contribution in [0.1, 0.15) is 4.88 Å². The number of thiophene rings is 1. The van der Waals surface area contributed by atoms with Crippen molar-refractivity contribution < 1.29 is 4.74 Å². The van der Waals surface area contributed by atoms with Gasteiger partial charge in [0.1, 0.15) is 0 Å². The van der Waals surface area contributed by atoms with Crippen molar-refractivity contribution in [3.63, 3.8) is 0 Å². The van der Waals surface area contributed by atoms with E-state index in [2.05, 4.69) is 26.3 Å². The number of rotatable bonds is 3. The average Bonchev–Trinajstić information content (AvgIpc) is 2.79. The second kappa shape index (κ2) is 5.95. The molecule has 0 bridgehead atoms. The fourth-order valence-electron chi connectivity index (χ4n) is 2.60. The molecule has 0 saturated carbocycles. The van der Waals surface area contributed by atoms with Gasteiger partial charge in [-0.15, -0.1) is 11.3 Å². The monoisotopic (exact) mass is 302 g/mol. The number of halogens is 1. The molecule has 1 N–H and O–H groups in total. The quantitative estimate of drug-likeness (QED) is 0.912. The van der Waals surface area contributed by atoms with Crippen LogP contribution in [0.3, 0.4) is 0 Å². The molecule has 2 aliphatic rings. The van der Waals surface area contributed by atoms with Crippen molar-refractivity contribution in [2.75, 3.05) is 51.7 Å². The molecule has 0 radical (unpaired) electrons. The van der Waals surface area contributed by atoms with Gasteiger partial charge in [0.2, 0.25) is 0 Å². The van der Waals surface area contributed by atoms with Crippen LogP contribution in [0.25, 0.3) is 0 Å². The van der Waals surface area contributed by atoms with E-state index in [-0.39, 0.29) is 0 Å². The molecule has 1 saturated heterocycles. The number of hydrogen-bond acceptors (Lipinski definition) is 6. The molecule has 3 rings (SSSR count). The van der Waals surface area contributed by atoms with Gasteiger partial charge in [0.25, 0.3) is 0 Å². The minimum absolute atomic E-state index is 0.801. The zero-order valence-corrected chi connectivity index (χ0v) is 12.6. The van der Waals surface area contributed by atoms with E-state index in [0.29, 0.717) is 0 Å². The van der Waals surface area contributed by atoms with E-state index < -0.39 is 0 Å². The van der Waals surface area contributed by atoms with E-state index in [1.807, 2.05) is 7.05 Å². The van der Waals surface area contributed by atoms with Gasteiger partial charge in [-0.2, -0.15) is 0 Å². The topological polar surface area (TPSA) is 31.0 Å². The first-order valence-corrected chi connectivity index (χ1v) is 7.72. The van der Waals surface area contributed by atoms with Gasteiger partial charge < -0.3 is 10.1 Å². The first-order valence-electron chi connectivity index (χ1n) is 6.53. The molecule has 1 aromatic rings. The summed E-state index contributed by atoms with van der Waals surface area (Å²) in [4.78, 5) is 3.72. The van der Waals surface area contributed by atoms with E-state index in [0.717, 1.165) is 50.5 Å². The minimum Gasteiger partial charge on any atom is -0.379 e. The molecule has 106 valence electrons. The lowest BCUT2D eigenvalue weighted by Gasteiger charge is -2.44.